The number of methoxy groups -OCH3 is 1. The van der Waals surface area contributed by atoms with Gasteiger partial charge in [-0.05, 0) is 64.7 Å². The molecular weight excluding hydrogens is 658 g/mol. The summed E-state index contributed by atoms with van der Waals surface area (Å²) >= 11 is 0. The SMILES string of the molecule is COCCNCc1cc2c(c(C(F)(F)F)c1)CN(c1cc(-c3cc(C(F)(F)F)ccc3-c3nncn3C)cc(NC[C@H](O)CC#N)n1)C2=O. The minimum Gasteiger partial charge on any atom is -0.390 e. The number of pyridine rings is 1. The number of alkyl halides is 6. The molecule has 0 radical (unpaired) electrons. The molecule has 0 unspecified atom stereocenters. The average Bonchev–Trinajstić information content (AvgIpc) is 3.63. The molecule has 1 aliphatic rings. The fourth-order valence-corrected chi connectivity index (χ4v) is 5.40. The van der Waals surface area contributed by atoms with Gasteiger partial charge in [0.1, 0.15) is 18.0 Å². The number of amides is 1. The van der Waals surface area contributed by atoms with Crippen LogP contribution in [0.3, 0.4) is 0 Å². The third-order valence-electron chi connectivity index (χ3n) is 7.76. The molecule has 5 rings (SSSR count). The van der Waals surface area contributed by atoms with Crippen LogP contribution >= 0.6 is 0 Å². The van der Waals surface area contributed by atoms with Crippen molar-refractivity contribution in [1.29, 1.82) is 5.26 Å². The minimum atomic E-state index is -4.80. The molecule has 4 aromatic rings. The lowest BCUT2D eigenvalue weighted by molar-refractivity contribution is -0.138. The molecule has 1 amide bonds. The summed E-state index contributed by atoms with van der Waals surface area (Å²) in [5.74, 6) is -0.761. The van der Waals surface area contributed by atoms with Gasteiger partial charge >= 0.3 is 12.4 Å². The van der Waals surface area contributed by atoms with Gasteiger partial charge in [0.2, 0.25) is 0 Å². The molecule has 49 heavy (non-hydrogen) atoms. The van der Waals surface area contributed by atoms with Gasteiger partial charge in [-0.1, -0.05) is 0 Å². The van der Waals surface area contributed by atoms with E-state index in [0.29, 0.717) is 13.2 Å². The molecular formula is C32H30F6N8O3. The number of nitrogens with one attached hydrogen (secondary N) is 2. The van der Waals surface area contributed by atoms with Crippen LogP contribution < -0.4 is 15.5 Å². The number of halogens is 6. The maximum absolute atomic E-state index is 14.3. The summed E-state index contributed by atoms with van der Waals surface area (Å²) in [6.07, 6.45) is -9.57. The van der Waals surface area contributed by atoms with E-state index in [1.54, 1.807) is 7.05 Å². The Bertz CT molecular complexity index is 1890. The topological polar surface area (TPSA) is 141 Å². The maximum Gasteiger partial charge on any atom is 0.416 e. The fraction of sp³-hybridized carbons (Fsp3) is 0.344. The van der Waals surface area contributed by atoms with Crippen molar-refractivity contribution in [1.82, 2.24) is 25.1 Å². The molecule has 1 aliphatic heterocycles. The molecule has 0 aliphatic carbocycles. The van der Waals surface area contributed by atoms with Crippen LogP contribution in [0.25, 0.3) is 22.5 Å². The molecule has 0 bridgehead atoms. The highest BCUT2D eigenvalue weighted by molar-refractivity contribution is 6.10. The average molecular weight is 689 g/mol. The van der Waals surface area contributed by atoms with Gasteiger partial charge in [-0.3, -0.25) is 9.69 Å². The highest BCUT2D eigenvalue weighted by atomic mass is 19.4. The standard InChI is InChI=1S/C32H30F6N8O3/c1-45-17-42-44-29(45)22-4-3-20(31(33,34)35)13-23(22)19-11-27(41-15-21(47)5-6-39)43-28(12-19)46-16-25-24(30(46)48)9-18(14-40-7-8-49-2)10-26(25)32(36,37)38/h3-4,9-13,17,21,40,47H,5,7-8,14-16H2,1-2H3,(H,41,43)/t21-/m1/s1. The summed E-state index contributed by atoms with van der Waals surface area (Å²) in [5, 5.41) is 32.7. The fourth-order valence-electron chi connectivity index (χ4n) is 5.40. The van der Waals surface area contributed by atoms with Crippen LogP contribution in [0, 0.1) is 11.3 Å². The van der Waals surface area contributed by atoms with E-state index in [4.69, 9.17) is 10.00 Å². The Labute approximate surface area is 276 Å². The van der Waals surface area contributed by atoms with Crippen LogP contribution in [0.5, 0.6) is 0 Å². The second-order valence-corrected chi connectivity index (χ2v) is 11.2. The van der Waals surface area contributed by atoms with E-state index in [-0.39, 0.29) is 70.4 Å². The minimum absolute atomic E-state index is 0.0137. The number of aliphatic hydroxyl groups excluding tert-OH is 1. The van der Waals surface area contributed by atoms with Crippen molar-refractivity contribution in [3.05, 3.63) is 76.6 Å². The third kappa shape index (κ3) is 7.82. The molecule has 0 fully saturated rings. The first-order valence-electron chi connectivity index (χ1n) is 14.8. The molecule has 3 heterocycles. The highest BCUT2D eigenvalue weighted by Gasteiger charge is 2.41. The monoisotopic (exact) mass is 688 g/mol. The van der Waals surface area contributed by atoms with Crippen molar-refractivity contribution >= 4 is 17.5 Å². The molecule has 0 saturated carbocycles. The van der Waals surface area contributed by atoms with Gasteiger partial charge < -0.3 is 25.0 Å². The Kier molecular flexibility index (Phi) is 10.2. The lowest BCUT2D eigenvalue weighted by atomic mass is 9.96. The smallest absolute Gasteiger partial charge is 0.390 e. The van der Waals surface area contributed by atoms with Crippen LogP contribution in [-0.2, 0) is 37.2 Å². The molecule has 2 aromatic heterocycles. The Morgan fingerprint density at radius 3 is 2.49 bits per heavy atom. The number of aryl methyl sites for hydroxylation is 1. The second kappa shape index (κ2) is 14.2. The Morgan fingerprint density at radius 2 is 1.84 bits per heavy atom. The molecule has 0 saturated heterocycles. The Morgan fingerprint density at radius 1 is 1.06 bits per heavy atom. The van der Waals surface area contributed by atoms with Crippen molar-refractivity contribution in [3.8, 4) is 28.6 Å². The van der Waals surface area contributed by atoms with Crippen molar-refractivity contribution in [2.75, 3.05) is 37.0 Å². The number of hydrogen-bond acceptors (Lipinski definition) is 9. The molecule has 17 heteroatoms. The number of rotatable bonds is 12. The second-order valence-electron chi connectivity index (χ2n) is 11.2. The van der Waals surface area contributed by atoms with Crippen molar-refractivity contribution in [2.45, 2.75) is 38.0 Å². The summed E-state index contributed by atoms with van der Waals surface area (Å²) in [6, 6.07) is 9.82. The molecule has 3 N–H and O–H groups in total. The Hall–Kier alpha value is -5.05. The zero-order chi connectivity index (χ0) is 35.5. The molecule has 2 aromatic carbocycles. The number of anilines is 2. The van der Waals surface area contributed by atoms with E-state index in [1.807, 2.05) is 6.07 Å². The van der Waals surface area contributed by atoms with Crippen LogP contribution in [0.2, 0.25) is 0 Å². The van der Waals surface area contributed by atoms with Crippen LogP contribution in [0.15, 0.2) is 48.8 Å². The largest absolute Gasteiger partial charge is 0.416 e. The normalized spacial score (nSPS) is 13.8. The number of benzene rings is 2. The van der Waals surface area contributed by atoms with Crippen LogP contribution in [0.4, 0.5) is 38.0 Å². The summed E-state index contributed by atoms with van der Waals surface area (Å²) in [6.45, 7) is -0.0172. The van der Waals surface area contributed by atoms with E-state index in [2.05, 4.69) is 25.8 Å². The van der Waals surface area contributed by atoms with E-state index < -0.39 is 42.0 Å². The number of hydrogen-bond donors (Lipinski definition) is 3. The first-order chi connectivity index (χ1) is 23.2. The number of nitriles is 1. The van der Waals surface area contributed by atoms with Crippen molar-refractivity contribution < 1.29 is 41.0 Å². The van der Waals surface area contributed by atoms with Gasteiger partial charge in [-0.25, -0.2) is 4.98 Å². The number of carbonyl (C=O) groups is 1. The van der Waals surface area contributed by atoms with Gasteiger partial charge in [0, 0.05) is 44.9 Å². The predicted octanol–water partition coefficient (Wildman–Crippen LogP) is 5.16. The van der Waals surface area contributed by atoms with Gasteiger partial charge in [0.25, 0.3) is 5.91 Å². The maximum atomic E-state index is 14.3. The summed E-state index contributed by atoms with van der Waals surface area (Å²) < 4.78 is 91.2. The van der Waals surface area contributed by atoms with Gasteiger partial charge in [-0.2, -0.15) is 31.6 Å². The van der Waals surface area contributed by atoms with Crippen LogP contribution in [0.1, 0.15) is 39.0 Å². The van der Waals surface area contributed by atoms with Crippen molar-refractivity contribution in [2.24, 2.45) is 7.05 Å². The third-order valence-corrected chi connectivity index (χ3v) is 7.76. The molecule has 0 spiro atoms. The molecule has 258 valence electrons. The lowest BCUT2D eigenvalue weighted by Gasteiger charge is -2.20. The summed E-state index contributed by atoms with van der Waals surface area (Å²) in [7, 11) is 3.08. The van der Waals surface area contributed by atoms with E-state index in [0.717, 1.165) is 23.1 Å². The van der Waals surface area contributed by atoms with Gasteiger partial charge in [-0.15, -0.1) is 10.2 Å². The predicted molar refractivity (Wildman–Crippen MR) is 165 cm³/mol. The molecule has 1 atom stereocenters. The van der Waals surface area contributed by atoms with E-state index in [9.17, 15) is 36.2 Å². The van der Waals surface area contributed by atoms with Gasteiger partial charge in [0.05, 0.1) is 42.9 Å². The Balaban J connectivity index is 1.64. The number of nitrogens with zero attached hydrogens (tertiary/aromatic N) is 6. The lowest BCUT2D eigenvalue weighted by Crippen LogP contribution is -2.25. The number of aromatic nitrogens is 4. The number of ether oxygens (including phenoxy) is 1. The summed E-state index contributed by atoms with van der Waals surface area (Å²) in [4.78, 5) is 19.2. The van der Waals surface area contributed by atoms with Crippen molar-refractivity contribution in [3.63, 3.8) is 0 Å². The number of carbonyl (C=O) groups excluding carboxylic acids is 1. The van der Waals surface area contributed by atoms with E-state index in [1.165, 1.54) is 42.3 Å². The number of fused-ring (bicyclic) bond motifs is 1. The van der Waals surface area contributed by atoms with Crippen LogP contribution in [-0.4, -0.2) is 63.7 Å². The van der Waals surface area contributed by atoms with E-state index >= 15 is 0 Å². The summed E-state index contributed by atoms with van der Waals surface area (Å²) in [5.41, 5.74) is -1.88. The zero-order valence-corrected chi connectivity index (χ0v) is 26.2. The van der Waals surface area contributed by atoms with Gasteiger partial charge in [0.15, 0.2) is 5.82 Å². The highest BCUT2D eigenvalue weighted by Crippen LogP contribution is 2.42. The number of aliphatic hydroxyl groups is 1. The quantitative estimate of drug-likeness (QED) is 0.136. The first kappa shape index (κ1) is 35.3. The molecule has 11 nitrogen and oxygen atoms in total. The zero-order valence-electron chi connectivity index (χ0n) is 26.2. The first-order valence-corrected chi connectivity index (χ1v) is 14.8.